The first kappa shape index (κ1) is 30.0. The van der Waals surface area contributed by atoms with Gasteiger partial charge >= 0.3 is 0 Å². The first-order valence-electron chi connectivity index (χ1n) is 18.7. The third-order valence-corrected chi connectivity index (χ3v) is 11.2. The first-order chi connectivity index (χ1) is 27.3. The molecule has 0 fully saturated rings. The maximum absolute atomic E-state index is 5.35. The van der Waals surface area contributed by atoms with E-state index in [-0.39, 0.29) is 0 Å². The smallest absolute Gasteiger partial charge is 0.235 e. The molecule has 0 radical (unpaired) electrons. The molecule has 5 heteroatoms. The maximum atomic E-state index is 5.35. The van der Waals surface area contributed by atoms with Crippen LogP contribution in [0, 0.1) is 0 Å². The van der Waals surface area contributed by atoms with Crippen molar-refractivity contribution in [3.8, 4) is 28.6 Å². The number of rotatable bonds is 4. The van der Waals surface area contributed by atoms with E-state index in [4.69, 9.17) is 9.97 Å². The van der Waals surface area contributed by atoms with Crippen molar-refractivity contribution < 1.29 is 0 Å². The topological polar surface area (TPSA) is 40.6 Å². The Labute approximate surface area is 315 Å². The van der Waals surface area contributed by atoms with E-state index in [1.807, 2.05) is 6.07 Å². The van der Waals surface area contributed by atoms with Crippen LogP contribution in [0.4, 0.5) is 0 Å². The fraction of sp³-hybridized carbons (Fsp3) is 0. The number of hydrogen-bond acceptors (Lipinski definition) is 2. The van der Waals surface area contributed by atoms with Gasteiger partial charge in [0.25, 0.3) is 0 Å². The van der Waals surface area contributed by atoms with Gasteiger partial charge in [-0.15, -0.1) is 0 Å². The van der Waals surface area contributed by atoms with Crippen LogP contribution in [0.5, 0.6) is 0 Å². The Morgan fingerprint density at radius 3 is 1.45 bits per heavy atom. The van der Waals surface area contributed by atoms with Crippen LogP contribution >= 0.6 is 0 Å². The van der Waals surface area contributed by atoms with Crippen molar-refractivity contribution in [2.24, 2.45) is 0 Å². The Morgan fingerprint density at radius 1 is 0.291 bits per heavy atom. The van der Waals surface area contributed by atoms with E-state index in [1.165, 1.54) is 48.9 Å². The zero-order valence-electron chi connectivity index (χ0n) is 29.6. The van der Waals surface area contributed by atoms with Crippen LogP contribution < -0.4 is 0 Å². The molecule has 12 aromatic rings. The molecule has 0 aliphatic rings. The van der Waals surface area contributed by atoms with Gasteiger partial charge < -0.3 is 9.13 Å². The Hall–Kier alpha value is -7.50. The molecule has 0 saturated heterocycles. The van der Waals surface area contributed by atoms with Crippen LogP contribution in [0.25, 0.3) is 105 Å². The molecule has 0 atom stereocenters. The van der Waals surface area contributed by atoms with Gasteiger partial charge in [-0.05, 0) is 66.7 Å². The molecule has 55 heavy (non-hydrogen) atoms. The summed E-state index contributed by atoms with van der Waals surface area (Å²) in [5.74, 6) is 0.654. The molecule has 4 heterocycles. The van der Waals surface area contributed by atoms with E-state index >= 15 is 0 Å². The number of nitrogens with zero attached hydrogens (tertiary/aromatic N) is 5. The van der Waals surface area contributed by atoms with Crippen molar-refractivity contribution in [3.63, 3.8) is 0 Å². The van der Waals surface area contributed by atoms with E-state index in [1.54, 1.807) is 0 Å². The quantitative estimate of drug-likeness (QED) is 0.183. The minimum Gasteiger partial charge on any atom is -0.309 e. The van der Waals surface area contributed by atoms with Crippen LogP contribution in [0.3, 0.4) is 0 Å². The van der Waals surface area contributed by atoms with Crippen molar-refractivity contribution in [1.82, 2.24) is 23.7 Å². The van der Waals surface area contributed by atoms with Crippen molar-refractivity contribution in [2.45, 2.75) is 0 Å². The Morgan fingerprint density at radius 2 is 0.782 bits per heavy atom. The second-order valence-corrected chi connectivity index (χ2v) is 14.2. The molecule has 0 saturated carbocycles. The van der Waals surface area contributed by atoms with Crippen molar-refractivity contribution in [3.05, 3.63) is 188 Å². The molecule has 8 aromatic carbocycles. The van der Waals surface area contributed by atoms with Crippen LogP contribution in [0.2, 0.25) is 0 Å². The SMILES string of the molecule is c1ccc(-c2nc(-n3c4ccccc4c4cc5c6ccccc6n(-c6ccc7c(c6)c6ccccc6n7-c6ccccc6)c5cc43)nc3ccccc23)cc1. The van der Waals surface area contributed by atoms with Gasteiger partial charge in [0.2, 0.25) is 5.95 Å². The van der Waals surface area contributed by atoms with E-state index in [0.29, 0.717) is 5.95 Å². The molecule has 0 spiro atoms. The zero-order valence-corrected chi connectivity index (χ0v) is 29.6. The van der Waals surface area contributed by atoms with Gasteiger partial charge in [-0.1, -0.05) is 121 Å². The lowest BCUT2D eigenvalue weighted by atomic mass is 10.1. The van der Waals surface area contributed by atoms with E-state index < -0.39 is 0 Å². The maximum Gasteiger partial charge on any atom is 0.235 e. The highest BCUT2D eigenvalue weighted by molar-refractivity contribution is 6.19. The van der Waals surface area contributed by atoms with E-state index in [9.17, 15) is 0 Å². The number of aromatic nitrogens is 5. The summed E-state index contributed by atoms with van der Waals surface area (Å²) in [4.78, 5) is 10.6. The predicted molar refractivity (Wildman–Crippen MR) is 228 cm³/mol. The molecule has 0 aliphatic heterocycles. The molecule has 256 valence electrons. The molecule has 4 aromatic heterocycles. The molecular weight excluding hydrogens is 671 g/mol. The summed E-state index contributed by atoms with van der Waals surface area (Å²) in [5.41, 5.74) is 12.0. The third kappa shape index (κ3) is 4.35. The van der Waals surface area contributed by atoms with Crippen molar-refractivity contribution in [2.75, 3.05) is 0 Å². The Bertz CT molecular complexity index is 3480. The highest BCUT2D eigenvalue weighted by Gasteiger charge is 2.21. The lowest BCUT2D eigenvalue weighted by Gasteiger charge is -2.12. The highest BCUT2D eigenvalue weighted by atomic mass is 15.2. The largest absolute Gasteiger partial charge is 0.309 e. The zero-order chi connectivity index (χ0) is 36.0. The van der Waals surface area contributed by atoms with E-state index in [2.05, 4.69) is 196 Å². The lowest BCUT2D eigenvalue weighted by molar-refractivity contribution is 1.01. The van der Waals surface area contributed by atoms with Gasteiger partial charge in [0.1, 0.15) is 0 Å². The average molecular weight is 702 g/mol. The second kappa shape index (κ2) is 11.5. The number of benzene rings is 8. The summed E-state index contributed by atoms with van der Waals surface area (Å²) in [7, 11) is 0. The molecule has 0 amide bonds. The van der Waals surface area contributed by atoms with Gasteiger partial charge in [0.15, 0.2) is 0 Å². The van der Waals surface area contributed by atoms with Gasteiger partial charge in [-0.3, -0.25) is 4.57 Å². The lowest BCUT2D eigenvalue weighted by Crippen LogP contribution is -2.03. The summed E-state index contributed by atoms with van der Waals surface area (Å²) in [6.45, 7) is 0. The minimum atomic E-state index is 0.654. The average Bonchev–Trinajstić information content (AvgIpc) is 3.88. The van der Waals surface area contributed by atoms with Crippen LogP contribution in [-0.4, -0.2) is 23.7 Å². The fourth-order valence-electron chi connectivity index (χ4n) is 8.86. The number of fused-ring (bicyclic) bond motifs is 10. The van der Waals surface area contributed by atoms with Crippen LogP contribution in [0.15, 0.2) is 188 Å². The van der Waals surface area contributed by atoms with Crippen LogP contribution in [-0.2, 0) is 0 Å². The first-order valence-corrected chi connectivity index (χ1v) is 18.7. The molecular formula is C50H31N5. The number of para-hydroxylation sites is 5. The van der Waals surface area contributed by atoms with E-state index in [0.717, 1.165) is 50.1 Å². The monoisotopic (exact) mass is 701 g/mol. The molecule has 5 nitrogen and oxygen atoms in total. The summed E-state index contributed by atoms with van der Waals surface area (Å²) in [5, 5.41) is 8.25. The Balaban J connectivity index is 1.17. The van der Waals surface area contributed by atoms with Gasteiger partial charge in [-0.2, -0.15) is 0 Å². The summed E-state index contributed by atoms with van der Waals surface area (Å²) < 4.78 is 7.05. The normalized spacial score (nSPS) is 12.0. The van der Waals surface area contributed by atoms with Crippen LogP contribution in [0.1, 0.15) is 0 Å². The standard InChI is InChI=1S/C50H31N5/c1-3-15-32(16-4-1)49-38-22-7-11-23-42(38)51-50(52-49)55-45-26-14-10-21-37(45)41-30-40-36-20-9-13-25-44(36)54(47(40)31-48(41)55)34-27-28-46-39(29-34)35-19-8-12-24-43(35)53(46)33-17-5-2-6-18-33/h1-31H. The van der Waals surface area contributed by atoms with Gasteiger partial charge in [0.05, 0.1) is 44.3 Å². The second-order valence-electron chi connectivity index (χ2n) is 14.2. The summed E-state index contributed by atoms with van der Waals surface area (Å²) in [6.07, 6.45) is 0. The van der Waals surface area contributed by atoms with Gasteiger partial charge in [-0.25, -0.2) is 9.97 Å². The third-order valence-electron chi connectivity index (χ3n) is 11.2. The minimum absolute atomic E-state index is 0.654. The molecule has 0 N–H and O–H groups in total. The molecule has 0 bridgehead atoms. The fourth-order valence-corrected chi connectivity index (χ4v) is 8.86. The van der Waals surface area contributed by atoms with Crippen molar-refractivity contribution in [1.29, 1.82) is 0 Å². The summed E-state index contributed by atoms with van der Waals surface area (Å²) in [6, 6.07) is 67.1. The molecule has 0 unspecified atom stereocenters. The predicted octanol–water partition coefficient (Wildman–Crippen LogP) is 12.6. The van der Waals surface area contributed by atoms with Crippen molar-refractivity contribution >= 4 is 76.3 Å². The highest BCUT2D eigenvalue weighted by Crippen LogP contribution is 2.41. The molecule has 12 rings (SSSR count). The number of hydrogen-bond donors (Lipinski definition) is 0. The summed E-state index contributed by atoms with van der Waals surface area (Å²) >= 11 is 0. The molecule has 0 aliphatic carbocycles. The Kier molecular flexibility index (Phi) is 6.27. The van der Waals surface area contributed by atoms with Gasteiger partial charge in [0, 0.05) is 54.6 Å².